The van der Waals surface area contributed by atoms with Crippen LogP contribution in [0.2, 0.25) is 0 Å². The van der Waals surface area contributed by atoms with Gasteiger partial charge in [0, 0.05) is 0 Å². The first-order valence-corrected chi connectivity index (χ1v) is 5.43. The lowest BCUT2D eigenvalue weighted by atomic mass is 10.1. The molecular weight excluding hydrogens is 202 g/mol. The minimum Gasteiger partial charge on any atom is -0.462 e. The van der Waals surface area contributed by atoms with Crippen molar-refractivity contribution in [1.29, 1.82) is 5.26 Å². The average molecular weight is 221 g/mol. The van der Waals surface area contributed by atoms with Gasteiger partial charge in [-0.3, -0.25) is 0 Å². The predicted molar refractivity (Wildman–Crippen MR) is 63.6 cm³/mol. The van der Waals surface area contributed by atoms with E-state index in [1.807, 2.05) is 19.9 Å². The van der Waals surface area contributed by atoms with Gasteiger partial charge in [-0.1, -0.05) is 11.6 Å². The molecule has 3 nitrogen and oxygen atoms in total. The molecule has 0 unspecified atom stereocenters. The Morgan fingerprint density at radius 2 is 2.00 bits per heavy atom. The molecule has 0 aliphatic carbocycles. The molecule has 0 bridgehead atoms. The molecular formula is C13H19NO2. The number of nitriles is 1. The standard InChI is InChI=1S/C13H19NO2/c1-5-16-13(15)12(9-14)11(4)8-6-7-10(2)3/h7H,5-6,8H2,1-4H3. The summed E-state index contributed by atoms with van der Waals surface area (Å²) >= 11 is 0. The van der Waals surface area contributed by atoms with Crippen molar-refractivity contribution in [3.63, 3.8) is 0 Å². The van der Waals surface area contributed by atoms with Crippen molar-refractivity contribution in [3.05, 3.63) is 22.8 Å². The molecule has 0 aromatic rings. The number of carbonyl (C=O) groups excluding carboxylic acids is 1. The van der Waals surface area contributed by atoms with Crippen molar-refractivity contribution < 1.29 is 9.53 Å². The number of esters is 1. The second kappa shape index (κ2) is 7.70. The molecule has 0 radical (unpaired) electrons. The van der Waals surface area contributed by atoms with E-state index in [1.54, 1.807) is 13.8 Å². The van der Waals surface area contributed by atoms with E-state index in [-0.39, 0.29) is 5.57 Å². The lowest BCUT2D eigenvalue weighted by molar-refractivity contribution is -0.138. The molecule has 0 saturated carbocycles. The van der Waals surface area contributed by atoms with E-state index in [4.69, 9.17) is 10.00 Å². The molecule has 16 heavy (non-hydrogen) atoms. The third-order valence-electron chi connectivity index (χ3n) is 2.09. The summed E-state index contributed by atoms with van der Waals surface area (Å²) in [6.45, 7) is 7.87. The van der Waals surface area contributed by atoms with Gasteiger partial charge in [-0.05, 0) is 46.1 Å². The maximum Gasteiger partial charge on any atom is 0.348 e. The number of allylic oxidation sites excluding steroid dienone is 3. The normalized spacial score (nSPS) is 11.2. The van der Waals surface area contributed by atoms with E-state index < -0.39 is 5.97 Å². The molecule has 0 N–H and O–H groups in total. The zero-order chi connectivity index (χ0) is 12.6. The summed E-state index contributed by atoms with van der Waals surface area (Å²) in [4.78, 5) is 11.4. The van der Waals surface area contributed by atoms with Gasteiger partial charge >= 0.3 is 5.97 Å². The molecule has 0 fully saturated rings. The summed E-state index contributed by atoms with van der Waals surface area (Å²) in [6.07, 6.45) is 3.65. The van der Waals surface area contributed by atoms with Crippen LogP contribution in [0.4, 0.5) is 0 Å². The third kappa shape index (κ3) is 5.35. The van der Waals surface area contributed by atoms with Crippen LogP contribution < -0.4 is 0 Å². The Hall–Kier alpha value is -1.56. The monoisotopic (exact) mass is 221 g/mol. The first-order valence-electron chi connectivity index (χ1n) is 5.43. The third-order valence-corrected chi connectivity index (χ3v) is 2.09. The quantitative estimate of drug-likeness (QED) is 0.310. The summed E-state index contributed by atoms with van der Waals surface area (Å²) in [6, 6.07) is 1.91. The molecule has 0 amide bonds. The number of ether oxygens (including phenoxy) is 1. The van der Waals surface area contributed by atoms with Crippen molar-refractivity contribution in [3.8, 4) is 6.07 Å². The molecule has 0 heterocycles. The summed E-state index contributed by atoms with van der Waals surface area (Å²) in [7, 11) is 0. The van der Waals surface area contributed by atoms with Crippen LogP contribution in [0.15, 0.2) is 22.8 Å². The SMILES string of the molecule is CCOC(=O)C(C#N)=C(C)CCC=C(C)C. The highest BCUT2D eigenvalue weighted by molar-refractivity contribution is 5.93. The van der Waals surface area contributed by atoms with Crippen LogP contribution in [-0.4, -0.2) is 12.6 Å². The van der Waals surface area contributed by atoms with Crippen molar-refractivity contribution in [2.75, 3.05) is 6.61 Å². The average Bonchev–Trinajstić information content (AvgIpc) is 2.18. The molecule has 0 spiro atoms. The van der Waals surface area contributed by atoms with Crippen LogP contribution >= 0.6 is 0 Å². The minimum absolute atomic E-state index is 0.143. The zero-order valence-electron chi connectivity index (χ0n) is 10.5. The zero-order valence-corrected chi connectivity index (χ0v) is 10.5. The van der Waals surface area contributed by atoms with Crippen LogP contribution in [-0.2, 0) is 9.53 Å². The van der Waals surface area contributed by atoms with Crippen LogP contribution in [0.5, 0.6) is 0 Å². The van der Waals surface area contributed by atoms with Crippen molar-refractivity contribution in [2.24, 2.45) is 0 Å². The molecule has 0 rings (SSSR count). The topological polar surface area (TPSA) is 50.1 Å². The second-order valence-corrected chi connectivity index (χ2v) is 3.81. The van der Waals surface area contributed by atoms with Crippen LogP contribution in [0.25, 0.3) is 0 Å². The Morgan fingerprint density at radius 3 is 2.44 bits per heavy atom. The van der Waals surface area contributed by atoms with Gasteiger partial charge in [0.25, 0.3) is 0 Å². The van der Waals surface area contributed by atoms with Gasteiger partial charge in [0.2, 0.25) is 0 Å². The van der Waals surface area contributed by atoms with Crippen molar-refractivity contribution in [2.45, 2.75) is 40.5 Å². The maximum atomic E-state index is 11.4. The Bertz CT molecular complexity index is 341. The largest absolute Gasteiger partial charge is 0.462 e. The van der Waals surface area contributed by atoms with E-state index in [1.165, 1.54) is 5.57 Å². The fourth-order valence-corrected chi connectivity index (χ4v) is 1.22. The van der Waals surface area contributed by atoms with Gasteiger partial charge in [-0.2, -0.15) is 5.26 Å². The summed E-state index contributed by atoms with van der Waals surface area (Å²) < 4.78 is 4.81. The van der Waals surface area contributed by atoms with Crippen LogP contribution in [0, 0.1) is 11.3 Å². The molecule has 0 aromatic carbocycles. The number of hydrogen-bond donors (Lipinski definition) is 0. The highest BCUT2D eigenvalue weighted by atomic mass is 16.5. The summed E-state index contributed by atoms with van der Waals surface area (Å²) in [5.74, 6) is -0.514. The lowest BCUT2D eigenvalue weighted by Gasteiger charge is -2.04. The van der Waals surface area contributed by atoms with Crippen molar-refractivity contribution in [1.82, 2.24) is 0 Å². The molecule has 0 aliphatic rings. The first-order chi connectivity index (χ1) is 7.52. The summed E-state index contributed by atoms with van der Waals surface area (Å²) in [5, 5.41) is 8.88. The predicted octanol–water partition coefficient (Wildman–Crippen LogP) is 3.14. The molecule has 0 atom stereocenters. The van der Waals surface area contributed by atoms with Gasteiger partial charge in [0.05, 0.1) is 6.61 Å². The first kappa shape index (κ1) is 14.4. The molecule has 3 heteroatoms. The van der Waals surface area contributed by atoms with Crippen molar-refractivity contribution >= 4 is 5.97 Å². The Balaban J connectivity index is 4.57. The number of carbonyl (C=O) groups is 1. The highest BCUT2D eigenvalue weighted by Gasteiger charge is 2.12. The number of hydrogen-bond acceptors (Lipinski definition) is 3. The van der Waals surface area contributed by atoms with E-state index >= 15 is 0 Å². The van der Waals surface area contributed by atoms with E-state index in [0.717, 1.165) is 12.0 Å². The Labute approximate surface area is 97.4 Å². The minimum atomic E-state index is -0.514. The number of nitrogens with zero attached hydrogens (tertiary/aromatic N) is 1. The van der Waals surface area contributed by atoms with Gasteiger partial charge in [-0.15, -0.1) is 0 Å². The van der Waals surface area contributed by atoms with E-state index in [0.29, 0.717) is 13.0 Å². The van der Waals surface area contributed by atoms with Gasteiger partial charge in [0.15, 0.2) is 0 Å². The number of rotatable bonds is 5. The Kier molecular flexibility index (Phi) is 6.95. The second-order valence-electron chi connectivity index (χ2n) is 3.81. The molecule has 0 aromatic heterocycles. The van der Waals surface area contributed by atoms with E-state index in [9.17, 15) is 4.79 Å². The Morgan fingerprint density at radius 1 is 1.38 bits per heavy atom. The van der Waals surface area contributed by atoms with Gasteiger partial charge in [-0.25, -0.2) is 4.79 Å². The van der Waals surface area contributed by atoms with E-state index in [2.05, 4.69) is 6.08 Å². The van der Waals surface area contributed by atoms with Gasteiger partial charge < -0.3 is 4.74 Å². The highest BCUT2D eigenvalue weighted by Crippen LogP contribution is 2.13. The molecule has 0 saturated heterocycles. The van der Waals surface area contributed by atoms with Crippen LogP contribution in [0.1, 0.15) is 40.5 Å². The lowest BCUT2D eigenvalue weighted by Crippen LogP contribution is -2.08. The fourth-order valence-electron chi connectivity index (χ4n) is 1.22. The smallest absolute Gasteiger partial charge is 0.348 e. The molecule has 88 valence electrons. The van der Waals surface area contributed by atoms with Crippen LogP contribution in [0.3, 0.4) is 0 Å². The fraction of sp³-hybridized carbons (Fsp3) is 0.538. The summed E-state index contributed by atoms with van der Waals surface area (Å²) in [5.41, 5.74) is 2.17. The maximum absolute atomic E-state index is 11.4. The molecule has 0 aliphatic heterocycles. The van der Waals surface area contributed by atoms with Gasteiger partial charge in [0.1, 0.15) is 11.6 Å².